The summed E-state index contributed by atoms with van der Waals surface area (Å²) in [5.41, 5.74) is 4.20. The molecule has 0 heterocycles. The Hall–Kier alpha value is -1.63. The summed E-state index contributed by atoms with van der Waals surface area (Å²) < 4.78 is 4.77. The van der Waals surface area contributed by atoms with Crippen LogP contribution >= 0.6 is 0 Å². The SMILES string of the molecule is CC(C)(C)OC(=O)C(C(=O)O)[C@H](N)C(=O)O. The molecule has 16 heavy (non-hydrogen) atoms. The minimum Gasteiger partial charge on any atom is -0.481 e. The van der Waals surface area contributed by atoms with Gasteiger partial charge in [-0.15, -0.1) is 0 Å². The zero-order valence-corrected chi connectivity index (χ0v) is 9.26. The third-order valence-corrected chi connectivity index (χ3v) is 1.57. The molecule has 0 aromatic heterocycles. The second kappa shape index (κ2) is 4.93. The molecule has 0 fully saturated rings. The number of carbonyl (C=O) groups is 3. The first-order chi connectivity index (χ1) is 7.06. The fourth-order valence-electron chi connectivity index (χ4n) is 0.909. The predicted molar refractivity (Wildman–Crippen MR) is 52.6 cm³/mol. The molecule has 7 nitrogen and oxygen atoms in total. The first-order valence-corrected chi connectivity index (χ1v) is 4.50. The quantitative estimate of drug-likeness (QED) is 0.438. The maximum absolute atomic E-state index is 11.4. The van der Waals surface area contributed by atoms with Gasteiger partial charge in [-0.05, 0) is 20.8 Å². The molecule has 0 rings (SSSR count). The topological polar surface area (TPSA) is 127 Å². The van der Waals surface area contributed by atoms with Crippen molar-refractivity contribution in [2.45, 2.75) is 32.4 Å². The predicted octanol–water partition coefficient (Wildman–Crippen LogP) is -0.559. The van der Waals surface area contributed by atoms with Crippen molar-refractivity contribution in [1.29, 1.82) is 0 Å². The molecular weight excluding hydrogens is 218 g/mol. The van der Waals surface area contributed by atoms with Crippen LogP contribution in [0.5, 0.6) is 0 Å². The molecule has 0 aliphatic carbocycles. The first-order valence-electron chi connectivity index (χ1n) is 4.50. The number of carbonyl (C=O) groups excluding carboxylic acids is 1. The van der Waals surface area contributed by atoms with Gasteiger partial charge >= 0.3 is 17.9 Å². The minimum absolute atomic E-state index is 0.900. The Labute approximate surface area is 92.2 Å². The van der Waals surface area contributed by atoms with Gasteiger partial charge in [0, 0.05) is 0 Å². The second-order valence-corrected chi connectivity index (χ2v) is 4.21. The number of nitrogens with two attached hydrogens (primary N) is 1. The smallest absolute Gasteiger partial charge is 0.323 e. The molecule has 4 N–H and O–H groups in total. The maximum atomic E-state index is 11.4. The Morgan fingerprint density at radius 1 is 1.12 bits per heavy atom. The number of hydrogen-bond donors (Lipinski definition) is 3. The van der Waals surface area contributed by atoms with Crippen molar-refractivity contribution >= 4 is 17.9 Å². The fraction of sp³-hybridized carbons (Fsp3) is 0.667. The van der Waals surface area contributed by atoms with E-state index >= 15 is 0 Å². The molecule has 0 saturated carbocycles. The summed E-state index contributed by atoms with van der Waals surface area (Å²) in [7, 11) is 0. The minimum atomic E-state index is -1.91. The lowest BCUT2D eigenvalue weighted by atomic mass is 10.0. The molecule has 2 atom stereocenters. The van der Waals surface area contributed by atoms with E-state index in [2.05, 4.69) is 0 Å². The molecule has 0 aromatic rings. The Morgan fingerprint density at radius 3 is 1.81 bits per heavy atom. The van der Waals surface area contributed by atoms with Crippen LogP contribution in [0.2, 0.25) is 0 Å². The molecule has 0 aliphatic heterocycles. The van der Waals surface area contributed by atoms with Gasteiger partial charge in [0.25, 0.3) is 0 Å². The van der Waals surface area contributed by atoms with Gasteiger partial charge in [0.15, 0.2) is 5.92 Å². The van der Waals surface area contributed by atoms with Crippen molar-refractivity contribution in [3.05, 3.63) is 0 Å². The summed E-state index contributed by atoms with van der Waals surface area (Å²) in [6.45, 7) is 4.61. The van der Waals surface area contributed by atoms with Gasteiger partial charge < -0.3 is 20.7 Å². The van der Waals surface area contributed by atoms with Crippen LogP contribution in [0.1, 0.15) is 20.8 Å². The van der Waals surface area contributed by atoms with Crippen molar-refractivity contribution < 1.29 is 29.3 Å². The molecule has 0 aromatic carbocycles. The van der Waals surface area contributed by atoms with E-state index in [1.54, 1.807) is 0 Å². The lowest BCUT2D eigenvalue weighted by Gasteiger charge is -2.23. The van der Waals surface area contributed by atoms with Crippen LogP contribution in [0.3, 0.4) is 0 Å². The molecule has 0 saturated heterocycles. The van der Waals surface area contributed by atoms with Gasteiger partial charge in [-0.1, -0.05) is 0 Å². The zero-order valence-electron chi connectivity index (χ0n) is 9.26. The highest BCUT2D eigenvalue weighted by molar-refractivity contribution is 5.99. The zero-order chi connectivity index (χ0) is 13.1. The largest absolute Gasteiger partial charge is 0.481 e. The van der Waals surface area contributed by atoms with E-state index < -0.39 is 35.5 Å². The van der Waals surface area contributed by atoms with Gasteiger partial charge in [0.2, 0.25) is 0 Å². The van der Waals surface area contributed by atoms with Crippen molar-refractivity contribution in [1.82, 2.24) is 0 Å². The summed E-state index contributed by atoms with van der Waals surface area (Å²) in [4.78, 5) is 32.6. The molecule has 0 amide bonds. The highest BCUT2D eigenvalue weighted by Gasteiger charge is 2.39. The molecule has 0 bridgehead atoms. The van der Waals surface area contributed by atoms with E-state index in [0.717, 1.165) is 0 Å². The summed E-state index contributed by atoms with van der Waals surface area (Å²) >= 11 is 0. The number of esters is 1. The lowest BCUT2D eigenvalue weighted by Crippen LogP contribution is -2.48. The monoisotopic (exact) mass is 233 g/mol. The maximum Gasteiger partial charge on any atom is 0.323 e. The molecule has 92 valence electrons. The fourth-order valence-corrected chi connectivity index (χ4v) is 0.909. The third kappa shape index (κ3) is 4.26. The molecular formula is C9H15NO6. The van der Waals surface area contributed by atoms with Crippen molar-refractivity contribution in [3.63, 3.8) is 0 Å². The number of hydrogen-bond acceptors (Lipinski definition) is 5. The second-order valence-electron chi connectivity index (χ2n) is 4.21. The van der Waals surface area contributed by atoms with E-state index in [1.807, 2.05) is 0 Å². The Morgan fingerprint density at radius 2 is 1.56 bits per heavy atom. The summed E-state index contributed by atoms with van der Waals surface area (Å²) in [5.74, 6) is -6.26. The Bertz CT molecular complexity index is 306. The van der Waals surface area contributed by atoms with E-state index in [4.69, 9.17) is 20.7 Å². The average molecular weight is 233 g/mol. The number of carboxylic acids is 2. The Kier molecular flexibility index (Phi) is 4.43. The van der Waals surface area contributed by atoms with Crippen LogP contribution in [-0.2, 0) is 19.1 Å². The molecule has 0 aliphatic rings. The van der Waals surface area contributed by atoms with E-state index in [-0.39, 0.29) is 0 Å². The summed E-state index contributed by atoms with van der Waals surface area (Å²) in [6, 6.07) is -1.83. The molecule has 7 heteroatoms. The normalized spacial score (nSPS) is 15.0. The van der Waals surface area contributed by atoms with Gasteiger partial charge in [-0.25, -0.2) is 0 Å². The van der Waals surface area contributed by atoms with Crippen LogP contribution in [0.4, 0.5) is 0 Å². The number of aliphatic carboxylic acids is 2. The van der Waals surface area contributed by atoms with Crippen LogP contribution in [0.25, 0.3) is 0 Å². The number of rotatable bonds is 4. The summed E-state index contributed by atoms with van der Waals surface area (Å²) in [5, 5.41) is 17.3. The van der Waals surface area contributed by atoms with Crippen molar-refractivity contribution in [2.24, 2.45) is 11.7 Å². The van der Waals surface area contributed by atoms with Gasteiger partial charge in [0.05, 0.1) is 0 Å². The lowest BCUT2D eigenvalue weighted by molar-refractivity contribution is -0.170. The third-order valence-electron chi connectivity index (χ3n) is 1.57. The number of carboxylic acid groups (broad SMARTS) is 2. The molecule has 1 unspecified atom stereocenters. The van der Waals surface area contributed by atoms with Gasteiger partial charge in [-0.2, -0.15) is 0 Å². The number of ether oxygens (including phenoxy) is 1. The Balaban J connectivity index is 4.88. The van der Waals surface area contributed by atoms with Crippen LogP contribution < -0.4 is 5.73 Å². The highest BCUT2D eigenvalue weighted by atomic mass is 16.6. The van der Waals surface area contributed by atoms with Crippen LogP contribution in [0, 0.1) is 5.92 Å². The standard InChI is InChI=1S/C9H15NO6/c1-9(2,3)16-8(15)4(6(11)12)5(10)7(13)14/h4-5H,10H2,1-3H3,(H,11,12)(H,13,14)/t4?,5-/m0/s1. The molecule has 0 spiro atoms. The highest BCUT2D eigenvalue weighted by Crippen LogP contribution is 2.13. The van der Waals surface area contributed by atoms with Gasteiger partial charge in [0.1, 0.15) is 11.6 Å². The van der Waals surface area contributed by atoms with Gasteiger partial charge in [-0.3, -0.25) is 14.4 Å². The average Bonchev–Trinajstić information content (AvgIpc) is 1.99. The van der Waals surface area contributed by atoms with Crippen LogP contribution in [-0.4, -0.2) is 39.8 Å². The molecule has 0 radical (unpaired) electrons. The van der Waals surface area contributed by atoms with Crippen LogP contribution in [0.15, 0.2) is 0 Å². The van der Waals surface area contributed by atoms with Crippen molar-refractivity contribution in [3.8, 4) is 0 Å². The van der Waals surface area contributed by atoms with E-state index in [1.165, 1.54) is 20.8 Å². The van der Waals surface area contributed by atoms with Crippen molar-refractivity contribution in [2.75, 3.05) is 0 Å². The first kappa shape index (κ1) is 14.4. The van der Waals surface area contributed by atoms with E-state index in [0.29, 0.717) is 0 Å². The van der Waals surface area contributed by atoms with E-state index in [9.17, 15) is 14.4 Å². The summed E-state index contributed by atoms with van der Waals surface area (Å²) in [6.07, 6.45) is 0.